The normalized spacial score (nSPS) is 22.8. The minimum Gasteiger partial charge on any atom is -0.379 e. The fourth-order valence-electron chi connectivity index (χ4n) is 4.82. The van der Waals surface area contributed by atoms with Gasteiger partial charge in [-0.05, 0) is 36.9 Å². The van der Waals surface area contributed by atoms with Crippen LogP contribution in [0.3, 0.4) is 0 Å². The van der Waals surface area contributed by atoms with Crippen LogP contribution < -0.4 is 4.90 Å². The Morgan fingerprint density at radius 1 is 0.967 bits per heavy atom. The molecule has 0 spiro atoms. The Hall–Kier alpha value is -1.03. The second-order valence-electron chi connectivity index (χ2n) is 8.40. The number of nitrogens with zero attached hydrogens (tertiary/aromatic N) is 5. The highest BCUT2D eigenvalue weighted by Crippen LogP contribution is 2.37. The van der Waals surface area contributed by atoms with Crippen molar-refractivity contribution in [2.75, 3.05) is 70.6 Å². The van der Waals surface area contributed by atoms with Crippen molar-refractivity contribution in [3.63, 3.8) is 0 Å². The SMILES string of the molecule is Cc1c(CN2CCC(N3CCOCC3)CC2)sc2c(N3CCOCC3)nc(Cl)nc12. The van der Waals surface area contributed by atoms with Gasteiger partial charge in [-0.3, -0.25) is 9.80 Å². The Kier molecular flexibility index (Phi) is 6.41. The van der Waals surface area contributed by atoms with E-state index in [0.29, 0.717) is 11.3 Å². The fourth-order valence-corrected chi connectivity index (χ4v) is 6.29. The first kappa shape index (κ1) is 20.8. The molecule has 30 heavy (non-hydrogen) atoms. The molecule has 0 aromatic carbocycles. The Morgan fingerprint density at radius 3 is 2.33 bits per heavy atom. The summed E-state index contributed by atoms with van der Waals surface area (Å²) < 4.78 is 12.2. The number of aromatic nitrogens is 2. The van der Waals surface area contributed by atoms with E-state index in [0.717, 1.165) is 88.3 Å². The van der Waals surface area contributed by atoms with Crippen LogP contribution in [0.5, 0.6) is 0 Å². The number of thiophene rings is 1. The third-order valence-electron chi connectivity index (χ3n) is 6.62. The number of morpholine rings is 2. The largest absolute Gasteiger partial charge is 0.379 e. The average Bonchev–Trinajstić information content (AvgIpc) is 3.10. The summed E-state index contributed by atoms with van der Waals surface area (Å²) >= 11 is 8.15. The van der Waals surface area contributed by atoms with Crippen molar-refractivity contribution in [1.82, 2.24) is 19.8 Å². The fraction of sp³-hybridized carbons (Fsp3) is 0.714. The molecule has 0 saturated carbocycles. The zero-order valence-corrected chi connectivity index (χ0v) is 19.2. The van der Waals surface area contributed by atoms with E-state index < -0.39 is 0 Å². The summed E-state index contributed by atoms with van der Waals surface area (Å²) in [7, 11) is 0. The minimum absolute atomic E-state index is 0.336. The van der Waals surface area contributed by atoms with Gasteiger partial charge in [0.2, 0.25) is 5.28 Å². The number of halogens is 1. The van der Waals surface area contributed by atoms with Gasteiger partial charge < -0.3 is 14.4 Å². The van der Waals surface area contributed by atoms with Crippen molar-refractivity contribution in [2.45, 2.75) is 32.4 Å². The average molecular weight is 452 g/mol. The summed E-state index contributed by atoms with van der Waals surface area (Å²) in [5.41, 5.74) is 2.27. The predicted octanol–water partition coefficient (Wildman–Crippen LogP) is 2.79. The smallest absolute Gasteiger partial charge is 0.224 e. The minimum atomic E-state index is 0.336. The molecular formula is C21H30ClN5O2S. The summed E-state index contributed by atoms with van der Waals surface area (Å²) in [5.74, 6) is 0.971. The zero-order valence-electron chi connectivity index (χ0n) is 17.6. The molecule has 0 radical (unpaired) electrons. The summed E-state index contributed by atoms with van der Waals surface area (Å²) in [5, 5.41) is 0.336. The highest BCUT2D eigenvalue weighted by Gasteiger charge is 2.27. The van der Waals surface area contributed by atoms with Gasteiger partial charge in [0.25, 0.3) is 0 Å². The van der Waals surface area contributed by atoms with E-state index in [4.69, 9.17) is 21.1 Å². The number of rotatable bonds is 4. The Morgan fingerprint density at radius 2 is 1.63 bits per heavy atom. The molecule has 164 valence electrons. The molecule has 5 heterocycles. The van der Waals surface area contributed by atoms with E-state index in [-0.39, 0.29) is 0 Å². The van der Waals surface area contributed by atoms with Crippen LogP contribution in [-0.2, 0) is 16.0 Å². The molecule has 5 rings (SSSR count). The topological polar surface area (TPSA) is 54.0 Å². The molecule has 3 fully saturated rings. The Bertz CT molecular complexity index is 874. The molecule has 0 amide bonds. The molecule has 0 N–H and O–H groups in total. The van der Waals surface area contributed by atoms with Gasteiger partial charge in [-0.15, -0.1) is 11.3 Å². The summed E-state index contributed by atoms with van der Waals surface area (Å²) in [6.45, 7) is 12.6. The van der Waals surface area contributed by atoms with Gasteiger partial charge in [-0.2, -0.15) is 4.98 Å². The van der Waals surface area contributed by atoms with Crippen LogP contribution in [0, 0.1) is 6.92 Å². The van der Waals surface area contributed by atoms with Crippen LogP contribution in [0.1, 0.15) is 23.3 Å². The van der Waals surface area contributed by atoms with E-state index in [1.54, 1.807) is 0 Å². The van der Waals surface area contributed by atoms with E-state index >= 15 is 0 Å². The monoisotopic (exact) mass is 451 g/mol. The molecule has 0 unspecified atom stereocenters. The lowest BCUT2D eigenvalue weighted by molar-refractivity contribution is 0.000298. The van der Waals surface area contributed by atoms with Crippen molar-refractivity contribution >= 4 is 39.0 Å². The molecular weight excluding hydrogens is 422 g/mol. The van der Waals surface area contributed by atoms with Gasteiger partial charge >= 0.3 is 0 Å². The third kappa shape index (κ3) is 4.31. The summed E-state index contributed by atoms with van der Waals surface area (Å²) in [4.78, 5) is 18.1. The molecule has 2 aromatic heterocycles. The van der Waals surface area contributed by atoms with Crippen LogP contribution in [0.4, 0.5) is 5.82 Å². The second kappa shape index (κ2) is 9.22. The van der Waals surface area contributed by atoms with Gasteiger partial charge in [0.1, 0.15) is 0 Å². The second-order valence-corrected chi connectivity index (χ2v) is 9.84. The van der Waals surface area contributed by atoms with Gasteiger partial charge in [-0.1, -0.05) is 0 Å². The molecule has 3 aliphatic rings. The zero-order chi connectivity index (χ0) is 20.5. The van der Waals surface area contributed by atoms with Crippen LogP contribution in [-0.4, -0.2) is 91.5 Å². The van der Waals surface area contributed by atoms with Crippen molar-refractivity contribution < 1.29 is 9.47 Å². The first-order chi connectivity index (χ1) is 14.7. The maximum absolute atomic E-state index is 6.31. The van der Waals surface area contributed by atoms with E-state index in [1.807, 2.05) is 11.3 Å². The van der Waals surface area contributed by atoms with Crippen molar-refractivity contribution in [3.8, 4) is 0 Å². The molecule has 9 heteroatoms. The molecule has 3 saturated heterocycles. The number of likely N-dealkylation sites (tertiary alicyclic amines) is 1. The van der Waals surface area contributed by atoms with E-state index in [9.17, 15) is 0 Å². The molecule has 0 atom stereocenters. The number of hydrogen-bond donors (Lipinski definition) is 0. The van der Waals surface area contributed by atoms with Gasteiger partial charge in [0, 0.05) is 56.7 Å². The first-order valence-corrected chi connectivity index (χ1v) is 12.2. The lowest BCUT2D eigenvalue weighted by atomic mass is 10.0. The molecule has 0 aliphatic carbocycles. The summed E-state index contributed by atoms with van der Waals surface area (Å²) in [6.07, 6.45) is 2.49. The number of piperidine rings is 1. The Labute approximate surface area is 186 Å². The quantitative estimate of drug-likeness (QED) is 0.662. The van der Waals surface area contributed by atoms with Crippen LogP contribution in [0.15, 0.2) is 0 Å². The lowest BCUT2D eigenvalue weighted by Gasteiger charge is -2.40. The highest BCUT2D eigenvalue weighted by atomic mass is 35.5. The number of aryl methyl sites for hydroxylation is 1. The molecule has 0 bridgehead atoms. The van der Waals surface area contributed by atoms with Crippen LogP contribution in [0.25, 0.3) is 10.2 Å². The summed E-state index contributed by atoms with van der Waals surface area (Å²) in [6, 6.07) is 0.714. The van der Waals surface area contributed by atoms with Crippen molar-refractivity contribution in [1.29, 1.82) is 0 Å². The van der Waals surface area contributed by atoms with E-state index in [1.165, 1.54) is 23.3 Å². The maximum Gasteiger partial charge on any atom is 0.224 e. The maximum atomic E-state index is 6.31. The van der Waals surface area contributed by atoms with Gasteiger partial charge in [-0.25, -0.2) is 4.98 Å². The molecule has 7 nitrogen and oxygen atoms in total. The number of anilines is 1. The number of fused-ring (bicyclic) bond motifs is 1. The van der Waals surface area contributed by atoms with E-state index in [2.05, 4.69) is 31.6 Å². The van der Waals surface area contributed by atoms with Crippen LogP contribution in [0.2, 0.25) is 5.28 Å². The van der Waals surface area contributed by atoms with Gasteiger partial charge in [0.05, 0.1) is 36.6 Å². The van der Waals surface area contributed by atoms with Crippen molar-refractivity contribution in [3.05, 3.63) is 15.7 Å². The lowest BCUT2D eigenvalue weighted by Crippen LogP contribution is -2.48. The van der Waals surface area contributed by atoms with Gasteiger partial charge in [0.15, 0.2) is 5.82 Å². The first-order valence-electron chi connectivity index (χ1n) is 11.0. The third-order valence-corrected chi connectivity index (χ3v) is 8.05. The number of ether oxygens (including phenoxy) is 2. The predicted molar refractivity (Wildman–Crippen MR) is 121 cm³/mol. The standard InChI is InChI=1S/C21H30ClN5O2S/c1-15-17(14-25-4-2-16(3-5-25)26-6-10-28-11-7-26)30-19-18(15)23-21(22)24-20(19)27-8-12-29-13-9-27/h16H,2-14H2,1H3. The molecule has 3 aliphatic heterocycles. The number of hydrogen-bond acceptors (Lipinski definition) is 8. The van der Waals surface area contributed by atoms with Crippen molar-refractivity contribution in [2.24, 2.45) is 0 Å². The Balaban J connectivity index is 1.31. The molecule has 2 aromatic rings. The van der Waals surface area contributed by atoms with Crippen LogP contribution >= 0.6 is 22.9 Å². The highest BCUT2D eigenvalue weighted by molar-refractivity contribution is 7.19.